The molecule has 0 spiro atoms. The van der Waals surface area contributed by atoms with Crippen LogP contribution in [0.1, 0.15) is 0 Å². The first-order valence-electron chi connectivity index (χ1n) is 9.87. The van der Waals surface area contributed by atoms with E-state index in [9.17, 15) is 9.50 Å². The number of H-pyrrole nitrogens is 2. The van der Waals surface area contributed by atoms with E-state index in [1.807, 2.05) is 18.2 Å². The first-order chi connectivity index (χ1) is 15.7. The SMILES string of the molecule is Oc1cncc(-c2cnc3[nH]nc(-c4cc5c(-c6cccc(F)c6)cncc5[nH]4)c3c2)c1. The van der Waals surface area contributed by atoms with Crippen LogP contribution in [0.25, 0.3) is 55.6 Å². The molecule has 7 nitrogen and oxygen atoms in total. The molecule has 1 aromatic carbocycles. The number of rotatable bonds is 3. The summed E-state index contributed by atoms with van der Waals surface area (Å²) >= 11 is 0. The maximum absolute atomic E-state index is 13.8. The third-order valence-electron chi connectivity index (χ3n) is 5.41. The van der Waals surface area contributed by atoms with Gasteiger partial charge in [-0.15, -0.1) is 0 Å². The number of nitrogens with one attached hydrogen (secondary N) is 2. The first-order valence-corrected chi connectivity index (χ1v) is 9.87. The van der Waals surface area contributed by atoms with Crippen LogP contribution in [0, 0.1) is 5.82 Å². The predicted octanol–water partition coefficient (Wildman–Crippen LogP) is 5.07. The van der Waals surface area contributed by atoms with Gasteiger partial charge in [-0.1, -0.05) is 12.1 Å². The molecule has 6 aromatic rings. The fourth-order valence-electron chi connectivity index (χ4n) is 3.92. The minimum atomic E-state index is -0.298. The Balaban J connectivity index is 1.51. The lowest BCUT2D eigenvalue weighted by atomic mass is 10.0. The summed E-state index contributed by atoms with van der Waals surface area (Å²) < 4.78 is 13.8. The van der Waals surface area contributed by atoms with Crippen molar-refractivity contribution >= 4 is 21.9 Å². The number of halogens is 1. The van der Waals surface area contributed by atoms with Crippen molar-refractivity contribution in [1.29, 1.82) is 0 Å². The highest BCUT2D eigenvalue weighted by atomic mass is 19.1. The van der Waals surface area contributed by atoms with Gasteiger partial charge in [0, 0.05) is 46.1 Å². The van der Waals surface area contributed by atoms with Gasteiger partial charge in [0.05, 0.1) is 23.6 Å². The van der Waals surface area contributed by atoms with E-state index in [0.717, 1.165) is 44.2 Å². The zero-order valence-electron chi connectivity index (χ0n) is 16.5. The Labute approximate surface area is 180 Å². The average molecular weight is 422 g/mol. The van der Waals surface area contributed by atoms with Crippen LogP contribution < -0.4 is 0 Å². The lowest BCUT2D eigenvalue weighted by Crippen LogP contribution is -1.84. The van der Waals surface area contributed by atoms with Gasteiger partial charge in [-0.05, 0) is 35.9 Å². The van der Waals surface area contributed by atoms with E-state index in [1.165, 1.54) is 18.3 Å². The molecule has 0 atom stereocenters. The van der Waals surface area contributed by atoms with Crippen LogP contribution in [0.4, 0.5) is 4.39 Å². The highest BCUT2D eigenvalue weighted by Crippen LogP contribution is 2.34. The summed E-state index contributed by atoms with van der Waals surface area (Å²) in [6, 6.07) is 12.0. The van der Waals surface area contributed by atoms with E-state index < -0.39 is 0 Å². The minimum absolute atomic E-state index is 0.0861. The van der Waals surface area contributed by atoms with Crippen molar-refractivity contribution in [3.8, 4) is 39.4 Å². The number of hydrogen-bond donors (Lipinski definition) is 3. The number of fused-ring (bicyclic) bond motifs is 2. The molecule has 0 amide bonds. The van der Waals surface area contributed by atoms with Gasteiger partial charge in [0.2, 0.25) is 0 Å². The molecule has 154 valence electrons. The molecular weight excluding hydrogens is 407 g/mol. The molecular formula is C24H15FN6O. The molecule has 0 aliphatic carbocycles. The molecule has 0 bridgehead atoms. The standard InChI is InChI=1S/C24H15FN6O/c25-16-3-1-2-13(4-16)20-11-27-12-22-18(20)7-21(29-22)23-19-6-15(9-28-24(19)31-30-23)14-5-17(32)10-26-8-14/h1-12,29,32H,(H,28,30,31). The molecule has 0 saturated heterocycles. The highest BCUT2D eigenvalue weighted by Gasteiger charge is 2.15. The molecule has 0 saturated carbocycles. The molecule has 6 rings (SSSR count). The molecule has 32 heavy (non-hydrogen) atoms. The molecule has 0 unspecified atom stereocenters. The summed E-state index contributed by atoms with van der Waals surface area (Å²) in [4.78, 5) is 16.2. The fourth-order valence-corrected chi connectivity index (χ4v) is 3.92. The number of aromatic nitrogens is 6. The number of benzene rings is 1. The van der Waals surface area contributed by atoms with E-state index >= 15 is 0 Å². The lowest BCUT2D eigenvalue weighted by Gasteiger charge is -2.02. The Morgan fingerprint density at radius 2 is 1.69 bits per heavy atom. The van der Waals surface area contributed by atoms with Gasteiger partial charge in [-0.25, -0.2) is 9.37 Å². The second-order valence-electron chi connectivity index (χ2n) is 7.47. The van der Waals surface area contributed by atoms with E-state index in [-0.39, 0.29) is 11.6 Å². The van der Waals surface area contributed by atoms with Crippen molar-refractivity contribution in [2.75, 3.05) is 0 Å². The highest BCUT2D eigenvalue weighted by molar-refractivity contribution is 6.00. The van der Waals surface area contributed by atoms with Crippen molar-refractivity contribution in [1.82, 2.24) is 30.1 Å². The topological polar surface area (TPSA) is 103 Å². The van der Waals surface area contributed by atoms with Crippen LogP contribution in [-0.2, 0) is 0 Å². The third kappa shape index (κ3) is 2.97. The molecule has 0 radical (unpaired) electrons. The van der Waals surface area contributed by atoms with Crippen LogP contribution >= 0.6 is 0 Å². The number of pyridine rings is 3. The van der Waals surface area contributed by atoms with Crippen LogP contribution in [-0.4, -0.2) is 35.2 Å². The second kappa shape index (κ2) is 6.98. The van der Waals surface area contributed by atoms with Crippen molar-refractivity contribution < 1.29 is 9.50 Å². The zero-order valence-corrected chi connectivity index (χ0v) is 16.5. The van der Waals surface area contributed by atoms with Gasteiger partial charge >= 0.3 is 0 Å². The summed E-state index contributed by atoms with van der Waals surface area (Å²) in [6.45, 7) is 0. The Bertz CT molecular complexity index is 1620. The smallest absolute Gasteiger partial charge is 0.155 e. The van der Waals surface area contributed by atoms with Crippen molar-refractivity contribution in [2.24, 2.45) is 0 Å². The van der Waals surface area contributed by atoms with Crippen molar-refractivity contribution in [3.05, 3.63) is 79.3 Å². The molecule has 0 aliphatic heterocycles. The summed E-state index contributed by atoms with van der Waals surface area (Å²) in [5.41, 5.74) is 6.07. The number of aromatic hydroxyl groups is 1. The van der Waals surface area contributed by atoms with Crippen LogP contribution in [0.15, 0.2) is 73.4 Å². The molecule has 0 aliphatic rings. The summed E-state index contributed by atoms with van der Waals surface area (Å²) in [7, 11) is 0. The molecule has 3 N–H and O–H groups in total. The van der Waals surface area contributed by atoms with Crippen molar-refractivity contribution in [2.45, 2.75) is 0 Å². The van der Waals surface area contributed by atoms with Crippen molar-refractivity contribution in [3.63, 3.8) is 0 Å². The quantitative estimate of drug-likeness (QED) is 0.369. The van der Waals surface area contributed by atoms with Crippen LogP contribution in [0.5, 0.6) is 5.75 Å². The Morgan fingerprint density at radius 3 is 2.56 bits per heavy atom. The Morgan fingerprint density at radius 1 is 0.812 bits per heavy atom. The fraction of sp³-hybridized carbons (Fsp3) is 0. The van der Waals surface area contributed by atoms with Gasteiger partial charge in [0.1, 0.15) is 17.3 Å². The van der Waals surface area contributed by atoms with Crippen LogP contribution in [0.2, 0.25) is 0 Å². The van der Waals surface area contributed by atoms with Gasteiger partial charge in [-0.2, -0.15) is 5.10 Å². The monoisotopic (exact) mass is 422 g/mol. The van der Waals surface area contributed by atoms with Gasteiger partial charge in [-0.3, -0.25) is 15.1 Å². The van der Waals surface area contributed by atoms with Gasteiger partial charge in [0.25, 0.3) is 0 Å². The summed E-state index contributed by atoms with van der Waals surface area (Å²) in [6.07, 6.45) is 8.22. The summed E-state index contributed by atoms with van der Waals surface area (Å²) in [5.74, 6) is -0.211. The number of nitrogens with zero attached hydrogens (tertiary/aromatic N) is 4. The van der Waals surface area contributed by atoms with Gasteiger partial charge in [0.15, 0.2) is 5.65 Å². The largest absolute Gasteiger partial charge is 0.506 e. The summed E-state index contributed by atoms with van der Waals surface area (Å²) in [5, 5.41) is 18.9. The van der Waals surface area contributed by atoms with E-state index in [4.69, 9.17) is 0 Å². The minimum Gasteiger partial charge on any atom is -0.506 e. The Kier molecular flexibility index (Phi) is 3.97. The number of aromatic amines is 2. The third-order valence-corrected chi connectivity index (χ3v) is 5.41. The van der Waals surface area contributed by atoms with Gasteiger partial charge < -0.3 is 10.1 Å². The lowest BCUT2D eigenvalue weighted by molar-refractivity contribution is 0.473. The molecule has 8 heteroatoms. The number of hydrogen-bond acceptors (Lipinski definition) is 5. The average Bonchev–Trinajstić information content (AvgIpc) is 3.42. The normalized spacial score (nSPS) is 11.4. The molecule has 5 aromatic heterocycles. The van der Waals surface area contributed by atoms with E-state index in [1.54, 1.807) is 36.9 Å². The van der Waals surface area contributed by atoms with E-state index in [0.29, 0.717) is 11.3 Å². The second-order valence-corrected chi connectivity index (χ2v) is 7.47. The van der Waals surface area contributed by atoms with E-state index in [2.05, 4.69) is 30.1 Å². The maximum Gasteiger partial charge on any atom is 0.155 e. The molecule has 5 heterocycles. The molecule has 0 fully saturated rings. The Hall–Kier alpha value is -4.59. The zero-order chi connectivity index (χ0) is 21.7. The first kappa shape index (κ1) is 18.2. The van der Waals surface area contributed by atoms with Crippen LogP contribution in [0.3, 0.4) is 0 Å². The maximum atomic E-state index is 13.8. The predicted molar refractivity (Wildman–Crippen MR) is 119 cm³/mol.